The van der Waals surface area contributed by atoms with Crippen LogP contribution in [-0.2, 0) is 9.59 Å². The van der Waals surface area contributed by atoms with Crippen LogP contribution in [0.3, 0.4) is 0 Å². The van der Waals surface area contributed by atoms with E-state index in [1.165, 1.54) is 24.8 Å². The number of carboxylic acid groups (broad SMARTS) is 1. The molecule has 0 amide bonds. The van der Waals surface area contributed by atoms with Crippen molar-refractivity contribution in [2.24, 2.45) is 28.6 Å². The number of allylic oxidation sites excluding steroid dienone is 1. The van der Waals surface area contributed by atoms with Crippen molar-refractivity contribution in [1.29, 1.82) is 0 Å². The lowest BCUT2D eigenvalue weighted by Crippen LogP contribution is -2.46. The van der Waals surface area contributed by atoms with Crippen LogP contribution >= 0.6 is 0 Å². The number of fused-ring (bicyclic) bond motifs is 2. The summed E-state index contributed by atoms with van der Waals surface area (Å²) in [5, 5.41) is 9.83. The molecular formula is C19H26O3. The highest BCUT2D eigenvalue weighted by atomic mass is 16.4. The van der Waals surface area contributed by atoms with Crippen LogP contribution in [0.5, 0.6) is 0 Å². The molecule has 3 heteroatoms. The lowest BCUT2D eigenvalue weighted by atomic mass is 9.51. The SMILES string of the molecule is CC1(C)[C@@H]2CC[C@H]3CCCCC(=O)[C@@H]4C[C@@]31C(=C4C(=O)O)C2. The average molecular weight is 302 g/mol. The molecule has 0 radical (unpaired) electrons. The van der Waals surface area contributed by atoms with Gasteiger partial charge in [0.25, 0.3) is 0 Å². The van der Waals surface area contributed by atoms with E-state index < -0.39 is 5.97 Å². The molecule has 0 aromatic carbocycles. The molecule has 0 heterocycles. The Balaban J connectivity index is 1.96. The van der Waals surface area contributed by atoms with E-state index in [1.54, 1.807) is 0 Å². The summed E-state index contributed by atoms with van der Waals surface area (Å²) < 4.78 is 0. The van der Waals surface area contributed by atoms with Gasteiger partial charge < -0.3 is 5.11 Å². The normalized spacial score (nSPS) is 42.8. The van der Waals surface area contributed by atoms with Gasteiger partial charge in [0.15, 0.2) is 0 Å². The van der Waals surface area contributed by atoms with Gasteiger partial charge in [0.1, 0.15) is 5.78 Å². The Morgan fingerprint density at radius 2 is 1.86 bits per heavy atom. The van der Waals surface area contributed by atoms with E-state index in [2.05, 4.69) is 13.8 Å². The van der Waals surface area contributed by atoms with E-state index >= 15 is 0 Å². The number of aliphatic carboxylic acids is 1. The van der Waals surface area contributed by atoms with Crippen LogP contribution in [0.4, 0.5) is 0 Å². The number of hydrogen-bond donors (Lipinski definition) is 1. The smallest absolute Gasteiger partial charge is 0.332 e. The minimum absolute atomic E-state index is 0.00565. The second-order valence-corrected chi connectivity index (χ2v) is 8.53. The van der Waals surface area contributed by atoms with Crippen molar-refractivity contribution < 1.29 is 14.7 Å². The second kappa shape index (κ2) is 4.46. The third-order valence-corrected chi connectivity index (χ3v) is 7.76. The van der Waals surface area contributed by atoms with Crippen LogP contribution in [0.15, 0.2) is 11.1 Å². The van der Waals surface area contributed by atoms with Crippen molar-refractivity contribution in [2.45, 2.75) is 65.2 Å². The summed E-state index contributed by atoms with van der Waals surface area (Å²) in [7, 11) is 0. The van der Waals surface area contributed by atoms with Gasteiger partial charge in [-0.1, -0.05) is 25.8 Å². The maximum absolute atomic E-state index is 12.6. The number of carboxylic acids is 1. The fourth-order valence-electron chi connectivity index (χ4n) is 6.67. The van der Waals surface area contributed by atoms with Crippen molar-refractivity contribution in [2.75, 3.05) is 0 Å². The molecule has 3 saturated carbocycles. The monoisotopic (exact) mass is 302 g/mol. The first-order chi connectivity index (χ1) is 10.4. The van der Waals surface area contributed by atoms with Crippen LogP contribution < -0.4 is 0 Å². The van der Waals surface area contributed by atoms with Crippen LogP contribution in [-0.4, -0.2) is 16.9 Å². The quantitative estimate of drug-likeness (QED) is 0.797. The fourth-order valence-corrected chi connectivity index (χ4v) is 6.67. The maximum Gasteiger partial charge on any atom is 0.332 e. The van der Waals surface area contributed by atoms with Gasteiger partial charge >= 0.3 is 5.97 Å². The number of hydrogen-bond acceptors (Lipinski definition) is 2. The Bertz CT molecular complexity index is 585. The molecular weight excluding hydrogens is 276 g/mol. The predicted octanol–water partition coefficient (Wildman–Crippen LogP) is 3.97. The molecule has 4 aliphatic rings. The first-order valence-electron chi connectivity index (χ1n) is 8.89. The molecule has 4 atom stereocenters. The van der Waals surface area contributed by atoms with E-state index in [0.29, 0.717) is 23.8 Å². The fraction of sp³-hybridized carbons (Fsp3) is 0.789. The molecule has 0 aromatic rings. The van der Waals surface area contributed by atoms with E-state index in [0.717, 1.165) is 25.7 Å². The summed E-state index contributed by atoms with van der Waals surface area (Å²) in [6.45, 7) is 4.70. The third-order valence-electron chi connectivity index (χ3n) is 7.76. The molecule has 4 aliphatic carbocycles. The zero-order chi connectivity index (χ0) is 15.7. The van der Waals surface area contributed by atoms with E-state index in [-0.39, 0.29) is 22.5 Å². The molecule has 0 saturated heterocycles. The van der Waals surface area contributed by atoms with Crippen LogP contribution in [0, 0.1) is 28.6 Å². The van der Waals surface area contributed by atoms with Crippen LogP contribution in [0.2, 0.25) is 0 Å². The largest absolute Gasteiger partial charge is 0.478 e. The molecule has 120 valence electrons. The van der Waals surface area contributed by atoms with Gasteiger partial charge in [-0.05, 0) is 55.8 Å². The Labute approximate surface area is 132 Å². The Kier molecular flexibility index (Phi) is 2.93. The Hall–Kier alpha value is -1.12. The van der Waals surface area contributed by atoms with E-state index in [1.807, 2.05) is 0 Å². The second-order valence-electron chi connectivity index (χ2n) is 8.53. The molecule has 3 bridgehead atoms. The van der Waals surface area contributed by atoms with Crippen LogP contribution in [0.25, 0.3) is 0 Å². The lowest BCUT2D eigenvalue weighted by molar-refractivity contribution is -0.135. The zero-order valence-electron chi connectivity index (χ0n) is 13.7. The zero-order valence-corrected chi connectivity index (χ0v) is 13.7. The number of ketones is 1. The summed E-state index contributed by atoms with van der Waals surface area (Å²) in [6.07, 6.45) is 7.98. The number of carbonyl (C=O) groups excluding carboxylic acids is 1. The molecule has 0 aliphatic heterocycles. The summed E-state index contributed by atoms with van der Waals surface area (Å²) >= 11 is 0. The van der Waals surface area contributed by atoms with Crippen LogP contribution in [0.1, 0.15) is 65.2 Å². The molecule has 0 unspecified atom stereocenters. The third kappa shape index (κ3) is 1.53. The molecule has 22 heavy (non-hydrogen) atoms. The topological polar surface area (TPSA) is 54.4 Å². The summed E-state index contributed by atoms with van der Waals surface area (Å²) in [6, 6.07) is 0. The summed E-state index contributed by atoms with van der Waals surface area (Å²) in [4.78, 5) is 24.6. The minimum atomic E-state index is -0.826. The van der Waals surface area contributed by atoms with E-state index in [9.17, 15) is 14.7 Å². The van der Waals surface area contributed by atoms with Crippen molar-refractivity contribution in [3.05, 3.63) is 11.1 Å². The highest BCUT2D eigenvalue weighted by Crippen LogP contribution is 2.74. The highest BCUT2D eigenvalue weighted by Gasteiger charge is 2.67. The van der Waals surface area contributed by atoms with Gasteiger partial charge in [-0.3, -0.25) is 4.79 Å². The van der Waals surface area contributed by atoms with Crippen molar-refractivity contribution in [3.8, 4) is 0 Å². The average Bonchev–Trinajstić information content (AvgIpc) is 2.85. The van der Waals surface area contributed by atoms with Gasteiger partial charge in [-0.25, -0.2) is 4.79 Å². The van der Waals surface area contributed by atoms with Crippen molar-refractivity contribution in [1.82, 2.24) is 0 Å². The van der Waals surface area contributed by atoms with Gasteiger partial charge in [-0.2, -0.15) is 0 Å². The molecule has 1 N–H and O–H groups in total. The molecule has 3 nitrogen and oxygen atoms in total. The molecule has 1 spiro atoms. The van der Waals surface area contributed by atoms with Crippen molar-refractivity contribution >= 4 is 11.8 Å². The van der Waals surface area contributed by atoms with Gasteiger partial charge in [0.2, 0.25) is 0 Å². The molecule has 3 fully saturated rings. The lowest BCUT2D eigenvalue weighted by Gasteiger charge is -2.52. The molecule has 0 aromatic heterocycles. The van der Waals surface area contributed by atoms with Gasteiger partial charge in [-0.15, -0.1) is 0 Å². The first-order valence-corrected chi connectivity index (χ1v) is 8.89. The van der Waals surface area contributed by atoms with E-state index in [4.69, 9.17) is 0 Å². The number of rotatable bonds is 1. The summed E-state index contributed by atoms with van der Waals surface area (Å²) in [5.74, 6) is 0.220. The van der Waals surface area contributed by atoms with Gasteiger partial charge in [0, 0.05) is 17.4 Å². The Morgan fingerprint density at radius 3 is 2.59 bits per heavy atom. The van der Waals surface area contributed by atoms with Gasteiger partial charge in [0.05, 0.1) is 5.92 Å². The minimum Gasteiger partial charge on any atom is -0.478 e. The van der Waals surface area contributed by atoms with Crippen molar-refractivity contribution in [3.63, 3.8) is 0 Å². The predicted molar refractivity (Wildman–Crippen MR) is 83.3 cm³/mol. The Morgan fingerprint density at radius 1 is 1.14 bits per heavy atom. The maximum atomic E-state index is 12.6. The first kappa shape index (κ1) is 14.5. The number of Topliss-reactive ketones (excluding diaryl/α,β-unsaturated/α-hetero) is 1. The standard InChI is InChI=1S/C19H26O3/c1-18(2)12-8-7-11-5-3-4-6-15(20)13-10-19(11,18)14(9-12)16(13)17(21)22/h11-13H,3-10H2,1-2H3,(H,21,22)/t11-,12-,13+,19+/m1/s1. The highest BCUT2D eigenvalue weighted by molar-refractivity contribution is 5.99. The molecule has 4 rings (SSSR count). The number of carbonyl (C=O) groups is 2. The summed E-state index contributed by atoms with van der Waals surface area (Å²) in [5.41, 5.74) is 1.83.